The van der Waals surface area contributed by atoms with Crippen molar-refractivity contribution in [1.82, 2.24) is 5.32 Å². The highest BCUT2D eigenvalue weighted by molar-refractivity contribution is 6.20. The van der Waals surface area contributed by atoms with Gasteiger partial charge in [-0.15, -0.1) is 11.6 Å². The molecule has 18 heavy (non-hydrogen) atoms. The fourth-order valence-electron chi connectivity index (χ4n) is 2.78. The summed E-state index contributed by atoms with van der Waals surface area (Å²) >= 11 is 6.38. The number of benzene rings is 1. The van der Waals surface area contributed by atoms with Crippen molar-refractivity contribution in [1.29, 1.82) is 0 Å². The Morgan fingerprint density at radius 2 is 2.00 bits per heavy atom. The standard InChI is InChI=1S/C16H24ClN/c1-12-7-8-13(2)15(9-12)11-18-10-14-5-3-4-6-16(14)17/h7-9,14,16,18H,3-6,10-11H2,1-2H3. The summed E-state index contributed by atoms with van der Waals surface area (Å²) in [5.74, 6) is 0.658. The number of rotatable bonds is 4. The Bertz CT molecular complexity index is 389. The van der Waals surface area contributed by atoms with Crippen LogP contribution in [0.1, 0.15) is 42.4 Å². The van der Waals surface area contributed by atoms with Crippen molar-refractivity contribution in [2.24, 2.45) is 5.92 Å². The normalized spacial score (nSPS) is 24.2. The van der Waals surface area contributed by atoms with E-state index in [2.05, 4.69) is 37.4 Å². The van der Waals surface area contributed by atoms with Crippen LogP contribution in [-0.2, 0) is 6.54 Å². The van der Waals surface area contributed by atoms with E-state index in [4.69, 9.17) is 11.6 Å². The zero-order valence-corrected chi connectivity index (χ0v) is 12.3. The van der Waals surface area contributed by atoms with Crippen molar-refractivity contribution < 1.29 is 0 Å². The van der Waals surface area contributed by atoms with Crippen LogP contribution in [-0.4, -0.2) is 11.9 Å². The van der Waals surface area contributed by atoms with Gasteiger partial charge < -0.3 is 5.32 Å². The maximum absolute atomic E-state index is 6.38. The summed E-state index contributed by atoms with van der Waals surface area (Å²) in [6.07, 6.45) is 5.13. The molecule has 2 rings (SSSR count). The lowest BCUT2D eigenvalue weighted by Crippen LogP contribution is -2.31. The molecule has 0 aliphatic heterocycles. The van der Waals surface area contributed by atoms with Crippen molar-refractivity contribution >= 4 is 11.6 Å². The molecule has 1 nitrogen and oxygen atoms in total. The number of hydrogen-bond donors (Lipinski definition) is 1. The Hall–Kier alpha value is -0.530. The van der Waals surface area contributed by atoms with Crippen molar-refractivity contribution in [2.75, 3.05) is 6.54 Å². The van der Waals surface area contributed by atoms with E-state index in [9.17, 15) is 0 Å². The van der Waals surface area contributed by atoms with Gasteiger partial charge in [0.15, 0.2) is 0 Å². The van der Waals surface area contributed by atoms with Crippen LogP contribution in [0.4, 0.5) is 0 Å². The molecule has 1 N–H and O–H groups in total. The molecular weight excluding hydrogens is 242 g/mol. The van der Waals surface area contributed by atoms with Crippen LogP contribution in [0.5, 0.6) is 0 Å². The van der Waals surface area contributed by atoms with Crippen LogP contribution in [0.3, 0.4) is 0 Å². The lowest BCUT2D eigenvalue weighted by Gasteiger charge is -2.27. The van der Waals surface area contributed by atoms with Gasteiger partial charge in [-0.1, -0.05) is 36.6 Å². The molecule has 1 fully saturated rings. The summed E-state index contributed by atoms with van der Waals surface area (Å²) in [6, 6.07) is 6.66. The van der Waals surface area contributed by atoms with Crippen LogP contribution in [0.15, 0.2) is 18.2 Å². The van der Waals surface area contributed by atoms with E-state index in [1.807, 2.05) is 0 Å². The first-order valence-corrected chi connectivity index (χ1v) is 7.51. The third kappa shape index (κ3) is 3.73. The molecule has 0 amide bonds. The highest BCUT2D eigenvalue weighted by Gasteiger charge is 2.22. The van der Waals surface area contributed by atoms with Crippen LogP contribution < -0.4 is 5.32 Å². The number of nitrogens with one attached hydrogen (secondary N) is 1. The summed E-state index contributed by atoms with van der Waals surface area (Å²) in [6.45, 7) is 6.36. The lowest BCUT2D eigenvalue weighted by molar-refractivity contribution is 0.348. The second-order valence-electron chi connectivity index (χ2n) is 5.62. The van der Waals surface area contributed by atoms with E-state index in [1.54, 1.807) is 0 Å². The molecule has 100 valence electrons. The van der Waals surface area contributed by atoms with E-state index in [0.717, 1.165) is 13.1 Å². The first-order valence-electron chi connectivity index (χ1n) is 7.07. The van der Waals surface area contributed by atoms with Gasteiger partial charge in [-0.3, -0.25) is 0 Å². The minimum atomic E-state index is 0.379. The largest absolute Gasteiger partial charge is 0.312 e. The number of alkyl halides is 1. The molecular formula is C16H24ClN. The molecule has 2 unspecified atom stereocenters. The molecule has 0 radical (unpaired) electrons. The average Bonchev–Trinajstić information content (AvgIpc) is 2.36. The molecule has 1 aliphatic rings. The molecule has 0 aromatic heterocycles. The molecule has 0 bridgehead atoms. The first-order chi connectivity index (χ1) is 8.66. The molecule has 1 aromatic carbocycles. The first kappa shape index (κ1) is 13.9. The molecule has 2 atom stereocenters. The fraction of sp³-hybridized carbons (Fsp3) is 0.625. The van der Waals surface area contributed by atoms with Gasteiger partial charge in [-0.05, 0) is 50.3 Å². The van der Waals surface area contributed by atoms with Crippen molar-refractivity contribution in [3.05, 3.63) is 34.9 Å². The predicted octanol–water partition coefficient (Wildman–Crippen LogP) is 4.19. The minimum absolute atomic E-state index is 0.379. The topological polar surface area (TPSA) is 12.0 Å². The highest BCUT2D eigenvalue weighted by atomic mass is 35.5. The predicted molar refractivity (Wildman–Crippen MR) is 79.2 cm³/mol. The van der Waals surface area contributed by atoms with Crippen molar-refractivity contribution in [2.45, 2.75) is 51.5 Å². The molecule has 0 spiro atoms. The Balaban J connectivity index is 1.82. The maximum atomic E-state index is 6.38. The summed E-state index contributed by atoms with van der Waals surface area (Å²) in [5, 5.41) is 3.96. The SMILES string of the molecule is Cc1ccc(C)c(CNCC2CCCCC2Cl)c1. The van der Waals surface area contributed by atoms with Crippen LogP contribution in [0, 0.1) is 19.8 Å². The zero-order valence-electron chi connectivity index (χ0n) is 11.5. The summed E-state index contributed by atoms with van der Waals surface area (Å²) in [4.78, 5) is 0. The van der Waals surface area contributed by atoms with Crippen LogP contribution in [0.25, 0.3) is 0 Å². The smallest absolute Gasteiger partial charge is 0.0376 e. The van der Waals surface area contributed by atoms with E-state index >= 15 is 0 Å². The zero-order chi connectivity index (χ0) is 13.0. The average molecular weight is 266 g/mol. The third-order valence-corrected chi connectivity index (χ3v) is 4.62. The van der Waals surface area contributed by atoms with Crippen LogP contribution in [0.2, 0.25) is 0 Å². The summed E-state index contributed by atoms with van der Waals surface area (Å²) in [5.41, 5.74) is 4.13. The van der Waals surface area contributed by atoms with Gasteiger partial charge >= 0.3 is 0 Å². The van der Waals surface area contributed by atoms with Crippen molar-refractivity contribution in [3.8, 4) is 0 Å². The van der Waals surface area contributed by atoms with Gasteiger partial charge in [0, 0.05) is 11.9 Å². The third-order valence-electron chi connectivity index (χ3n) is 4.04. The van der Waals surface area contributed by atoms with Gasteiger partial charge in [-0.2, -0.15) is 0 Å². The van der Waals surface area contributed by atoms with Gasteiger partial charge in [0.05, 0.1) is 0 Å². The van der Waals surface area contributed by atoms with Gasteiger partial charge in [-0.25, -0.2) is 0 Å². The molecule has 2 heteroatoms. The lowest BCUT2D eigenvalue weighted by atomic mass is 9.88. The van der Waals surface area contributed by atoms with Gasteiger partial charge in [0.2, 0.25) is 0 Å². The molecule has 0 saturated heterocycles. The highest BCUT2D eigenvalue weighted by Crippen LogP contribution is 2.28. The van der Waals surface area contributed by atoms with Gasteiger partial charge in [0.25, 0.3) is 0 Å². The molecule has 0 heterocycles. The Kier molecular flexibility index (Phi) is 5.08. The Morgan fingerprint density at radius 3 is 2.78 bits per heavy atom. The fourth-order valence-corrected chi connectivity index (χ4v) is 3.14. The second-order valence-corrected chi connectivity index (χ2v) is 6.18. The van der Waals surface area contributed by atoms with E-state index in [1.165, 1.54) is 42.4 Å². The summed E-state index contributed by atoms with van der Waals surface area (Å²) < 4.78 is 0. The number of aryl methyl sites for hydroxylation is 2. The molecule has 1 aromatic rings. The quantitative estimate of drug-likeness (QED) is 0.805. The van der Waals surface area contributed by atoms with E-state index < -0.39 is 0 Å². The molecule has 1 saturated carbocycles. The van der Waals surface area contributed by atoms with Crippen molar-refractivity contribution in [3.63, 3.8) is 0 Å². The molecule has 1 aliphatic carbocycles. The Labute approximate surface area is 116 Å². The Morgan fingerprint density at radius 1 is 1.22 bits per heavy atom. The summed E-state index contributed by atoms with van der Waals surface area (Å²) in [7, 11) is 0. The number of hydrogen-bond acceptors (Lipinski definition) is 1. The minimum Gasteiger partial charge on any atom is -0.312 e. The monoisotopic (exact) mass is 265 g/mol. The van der Waals surface area contributed by atoms with E-state index in [-0.39, 0.29) is 0 Å². The second kappa shape index (κ2) is 6.58. The van der Waals surface area contributed by atoms with E-state index in [0.29, 0.717) is 11.3 Å². The maximum Gasteiger partial charge on any atom is 0.0376 e. The van der Waals surface area contributed by atoms with Gasteiger partial charge in [0.1, 0.15) is 0 Å². The van der Waals surface area contributed by atoms with Crippen LogP contribution >= 0.6 is 11.6 Å². The number of halogens is 1.